The molecule has 4 heteroatoms. The number of carboxylic acids is 1. The van der Waals surface area contributed by atoms with Crippen molar-refractivity contribution in [2.45, 2.75) is 39.2 Å². The summed E-state index contributed by atoms with van der Waals surface area (Å²) in [5, 5.41) is 9.59. The van der Waals surface area contributed by atoms with Gasteiger partial charge in [0.2, 0.25) is 0 Å². The first-order valence-corrected chi connectivity index (χ1v) is 7.65. The molecule has 1 aromatic heterocycles. The molecular weight excluding hydrogens is 286 g/mol. The lowest BCUT2D eigenvalue weighted by molar-refractivity contribution is -0.136. The molecule has 0 saturated heterocycles. The van der Waals surface area contributed by atoms with Crippen LogP contribution >= 0.6 is 11.6 Å². The molecule has 0 fully saturated rings. The summed E-state index contributed by atoms with van der Waals surface area (Å²) in [6.07, 6.45) is 2.91. The molecule has 0 aliphatic carbocycles. The monoisotopic (exact) mass is 305 g/mol. The molecule has 0 atom stereocenters. The lowest BCUT2D eigenvalue weighted by Crippen LogP contribution is -2.07. The van der Waals surface area contributed by atoms with Gasteiger partial charge in [0.15, 0.2) is 0 Å². The van der Waals surface area contributed by atoms with Gasteiger partial charge in [-0.15, -0.1) is 0 Å². The largest absolute Gasteiger partial charge is 0.481 e. The van der Waals surface area contributed by atoms with Gasteiger partial charge in [-0.05, 0) is 42.7 Å². The number of carboxylic acid groups (broad SMARTS) is 1. The Balaban J connectivity index is 2.31. The smallest absolute Gasteiger partial charge is 0.303 e. The van der Waals surface area contributed by atoms with Gasteiger partial charge in [-0.3, -0.25) is 4.79 Å². The fourth-order valence-corrected chi connectivity index (χ4v) is 2.54. The molecule has 2 rings (SSSR count). The highest BCUT2D eigenvalue weighted by atomic mass is 35.5. The van der Waals surface area contributed by atoms with E-state index >= 15 is 0 Å². The number of rotatable bonds is 7. The number of unbranched alkanes of at least 4 members (excludes halogenated alkanes) is 1. The molecule has 0 radical (unpaired) electrons. The maximum atomic E-state index is 10.8. The first-order chi connectivity index (χ1) is 10.1. The predicted molar refractivity (Wildman–Crippen MR) is 85.7 cm³/mol. The maximum Gasteiger partial charge on any atom is 0.303 e. The number of aliphatic carboxylic acids is 1. The molecule has 0 spiro atoms. The van der Waals surface area contributed by atoms with Crippen LogP contribution in [0.1, 0.15) is 31.9 Å². The quantitative estimate of drug-likeness (QED) is 0.810. The molecule has 0 amide bonds. The van der Waals surface area contributed by atoms with Crippen LogP contribution < -0.4 is 0 Å². The van der Waals surface area contributed by atoms with E-state index in [-0.39, 0.29) is 6.42 Å². The second-order valence-corrected chi connectivity index (χ2v) is 5.55. The third-order valence-electron chi connectivity index (χ3n) is 3.54. The molecule has 3 nitrogen and oxygen atoms in total. The Morgan fingerprint density at radius 1 is 1.19 bits per heavy atom. The van der Waals surface area contributed by atoms with E-state index in [0.717, 1.165) is 41.4 Å². The van der Waals surface area contributed by atoms with Crippen molar-refractivity contribution in [2.75, 3.05) is 0 Å². The molecule has 1 N–H and O–H groups in total. The molecule has 0 aliphatic heterocycles. The molecule has 21 heavy (non-hydrogen) atoms. The summed E-state index contributed by atoms with van der Waals surface area (Å²) < 4.78 is 2.23. The Morgan fingerprint density at radius 3 is 2.52 bits per heavy atom. The Hall–Kier alpha value is -1.74. The van der Waals surface area contributed by atoms with Gasteiger partial charge >= 0.3 is 5.97 Å². The van der Waals surface area contributed by atoms with E-state index in [1.807, 2.05) is 30.3 Å². The number of aryl methyl sites for hydroxylation is 1. The Morgan fingerprint density at radius 2 is 1.90 bits per heavy atom. The molecule has 0 saturated carbocycles. The Kier molecular flexibility index (Phi) is 5.45. The normalized spacial score (nSPS) is 10.8. The second-order valence-electron chi connectivity index (χ2n) is 5.12. The number of carbonyl (C=O) groups is 1. The summed E-state index contributed by atoms with van der Waals surface area (Å²) in [5.74, 6) is -0.758. The maximum absolute atomic E-state index is 10.8. The highest BCUT2D eigenvalue weighted by molar-refractivity contribution is 6.30. The summed E-state index contributed by atoms with van der Waals surface area (Å²) in [6.45, 7) is 3.07. The van der Waals surface area contributed by atoms with Crippen LogP contribution in [0.3, 0.4) is 0 Å². The van der Waals surface area contributed by atoms with Crippen molar-refractivity contribution < 1.29 is 9.90 Å². The fraction of sp³-hybridized carbons (Fsp3) is 0.353. The van der Waals surface area contributed by atoms with Crippen molar-refractivity contribution in [3.8, 4) is 11.3 Å². The first kappa shape index (κ1) is 15.6. The number of aromatic nitrogens is 1. The van der Waals surface area contributed by atoms with Crippen molar-refractivity contribution >= 4 is 17.6 Å². The molecule has 1 aromatic carbocycles. The van der Waals surface area contributed by atoms with Crippen molar-refractivity contribution in [3.05, 3.63) is 47.1 Å². The van der Waals surface area contributed by atoms with Crippen LogP contribution in [-0.2, 0) is 17.8 Å². The first-order valence-electron chi connectivity index (χ1n) is 7.28. The Labute approximate surface area is 130 Å². The minimum Gasteiger partial charge on any atom is -0.481 e. The summed E-state index contributed by atoms with van der Waals surface area (Å²) in [5.41, 5.74) is 3.31. The molecule has 112 valence electrons. The van der Waals surface area contributed by atoms with Crippen LogP contribution in [0.2, 0.25) is 5.02 Å². The van der Waals surface area contributed by atoms with Crippen LogP contribution in [0.25, 0.3) is 11.3 Å². The van der Waals surface area contributed by atoms with E-state index in [9.17, 15) is 4.79 Å². The summed E-state index contributed by atoms with van der Waals surface area (Å²) in [4.78, 5) is 10.8. The van der Waals surface area contributed by atoms with Gasteiger partial charge in [0.25, 0.3) is 0 Å². The molecule has 2 aromatic rings. The topological polar surface area (TPSA) is 42.2 Å². The zero-order valence-electron chi connectivity index (χ0n) is 12.2. The average molecular weight is 306 g/mol. The van der Waals surface area contributed by atoms with E-state index in [1.54, 1.807) is 0 Å². The molecule has 0 bridgehead atoms. The van der Waals surface area contributed by atoms with Crippen molar-refractivity contribution in [1.29, 1.82) is 0 Å². The van der Waals surface area contributed by atoms with E-state index in [1.165, 1.54) is 0 Å². The molecule has 0 unspecified atom stereocenters. The summed E-state index contributed by atoms with van der Waals surface area (Å²) in [7, 11) is 0. The van der Waals surface area contributed by atoms with Gasteiger partial charge < -0.3 is 9.67 Å². The number of hydrogen-bond donors (Lipinski definition) is 1. The highest BCUT2D eigenvalue weighted by Gasteiger charge is 2.11. The zero-order chi connectivity index (χ0) is 15.2. The number of benzene rings is 1. The van der Waals surface area contributed by atoms with Crippen LogP contribution in [0.15, 0.2) is 36.4 Å². The van der Waals surface area contributed by atoms with E-state index < -0.39 is 5.97 Å². The standard InChI is InChI=1S/C17H20ClNO2/c1-2-3-12-19-15(9-11-17(20)21)8-10-16(19)13-4-6-14(18)7-5-13/h4-8,10H,2-3,9,11-12H2,1H3,(H,20,21). The number of halogens is 1. The number of hydrogen-bond acceptors (Lipinski definition) is 1. The van der Waals surface area contributed by atoms with Crippen LogP contribution in [0.5, 0.6) is 0 Å². The van der Waals surface area contributed by atoms with Crippen molar-refractivity contribution in [2.24, 2.45) is 0 Å². The molecular formula is C17H20ClNO2. The number of nitrogens with zero attached hydrogens (tertiary/aromatic N) is 1. The van der Waals surface area contributed by atoms with Gasteiger partial charge in [-0.2, -0.15) is 0 Å². The summed E-state index contributed by atoms with van der Waals surface area (Å²) in [6, 6.07) is 11.9. The predicted octanol–water partition coefficient (Wildman–Crippen LogP) is 4.63. The van der Waals surface area contributed by atoms with Gasteiger partial charge in [0, 0.05) is 23.0 Å². The fourth-order valence-electron chi connectivity index (χ4n) is 2.42. The van der Waals surface area contributed by atoms with Crippen molar-refractivity contribution in [1.82, 2.24) is 4.57 Å². The van der Waals surface area contributed by atoms with Crippen LogP contribution in [-0.4, -0.2) is 15.6 Å². The van der Waals surface area contributed by atoms with E-state index in [0.29, 0.717) is 6.42 Å². The molecule has 0 aliphatic rings. The van der Waals surface area contributed by atoms with Crippen molar-refractivity contribution in [3.63, 3.8) is 0 Å². The molecule has 1 heterocycles. The second kappa shape index (κ2) is 7.32. The Bertz CT molecular complexity index is 602. The zero-order valence-corrected chi connectivity index (χ0v) is 12.9. The average Bonchev–Trinajstić information content (AvgIpc) is 2.86. The highest BCUT2D eigenvalue weighted by Crippen LogP contribution is 2.25. The van der Waals surface area contributed by atoms with E-state index in [4.69, 9.17) is 16.7 Å². The SMILES string of the molecule is CCCCn1c(CCC(=O)O)ccc1-c1ccc(Cl)cc1. The van der Waals surface area contributed by atoms with Crippen LogP contribution in [0, 0.1) is 0 Å². The third kappa shape index (κ3) is 4.11. The van der Waals surface area contributed by atoms with Gasteiger partial charge in [0.1, 0.15) is 0 Å². The minimum absolute atomic E-state index is 0.163. The van der Waals surface area contributed by atoms with Gasteiger partial charge in [-0.1, -0.05) is 37.1 Å². The third-order valence-corrected chi connectivity index (χ3v) is 3.79. The lowest BCUT2D eigenvalue weighted by atomic mass is 10.1. The lowest BCUT2D eigenvalue weighted by Gasteiger charge is -2.13. The van der Waals surface area contributed by atoms with Gasteiger partial charge in [0.05, 0.1) is 6.42 Å². The van der Waals surface area contributed by atoms with Crippen LogP contribution in [0.4, 0.5) is 0 Å². The minimum atomic E-state index is -0.758. The van der Waals surface area contributed by atoms with E-state index in [2.05, 4.69) is 17.6 Å². The van der Waals surface area contributed by atoms with Gasteiger partial charge in [-0.25, -0.2) is 0 Å². The summed E-state index contributed by atoms with van der Waals surface area (Å²) >= 11 is 5.94.